The molecule has 0 saturated carbocycles. The molecule has 0 bridgehead atoms. The van der Waals surface area contributed by atoms with Gasteiger partial charge in [-0.2, -0.15) is 0 Å². The van der Waals surface area contributed by atoms with Crippen LogP contribution in [0.25, 0.3) is 98.0 Å². The Balaban J connectivity index is 0.996. The molecule has 0 amide bonds. The van der Waals surface area contributed by atoms with Crippen molar-refractivity contribution in [1.29, 1.82) is 0 Å². The molecule has 0 aliphatic carbocycles. The summed E-state index contributed by atoms with van der Waals surface area (Å²) in [7, 11) is 0. The summed E-state index contributed by atoms with van der Waals surface area (Å²) in [4.78, 5) is 0. The van der Waals surface area contributed by atoms with Crippen LogP contribution in [-0.2, 0) is 0 Å². The predicted octanol–water partition coefficient (Wildman–Crippen LogP) is 13.6. The smallest absolute Gasteiger partial charge is 0.00987 e. The number of benzene rings is 10. The van der Waals surface area contributed by atoms with Crippen LogP contribution in [0.15, 0.2) is 182 Å². The third-order valence-corrected chi connectivity index (χ3v) is 10.2. The van der Waals surface area contributed by atoms with Gasteiger partial charge in [-0.1, -0.05) is 152 Å². The lowest BCUT2D eigenvalue weighted by Gasteiger charge is -2.12. The summed E-state index contributed by atoms with van der Waals surface area (Å²) in [5, 5.41) is 15.4. The first-order chi connectivity index (χ1) is 23.7. The van der Waals surface area contributed by atoms with Crippen molar-refractivity contribution < 1.29 is 0 Å². The van der Waals surface area contributed by atoms with Gasteiger partial charge in [-0.05, 0) is 128 Å². The van der Waals surface area contributed by atoms with E-state index in [4.69, 9.17) is 0 Å². The lowest BCUT2D eigenvalue weighted by Crippen LogP contribution is -1.85. The Morgan fingerprint density at radius 2 is 0.521 bits per heavy atom. The maximum atomic E-state index is 2.34. The van der Waals surface area contributed by atoms with E-state index in [0.29, 0.717) is 0 Å². The van der Waals surface area contributed by atoms with E-state index in [1.165, 1.54) is 98.0 Å². The molecular formula is C48H30. The molecule has 0 atom stereocenters. The van der Waals surface area contributed by atoms with Crippen molar-refractivity contribution in [2.24, 2.45) is 0 Å². The maximum absolute atomic E-state index is 2.34. The summed E-state index contributed by atoms with van der Waals surface area (Å²) < 4.78 is 0. The van der Waals surface area contributed by atoms with E-state index in [1.54, 1.807) is 0 Å². The highest BCUT2D eigenvalue weighted by molar-refractivity contribution is 6.22. The Kier molecular flexibility index (Phi) is 5.98. The minimum atomic E-state index is 1.23. The van der Waals surface area contributed by atoms with Gasteiger partial charge in [-0.25, -0.2) is 0 Å². The minimum Gasteiger partial charge on any atom is -0.0616 e. The Morgan fingerprint density at radius 1 is 0.167 bits per heavy atom. The van der Waals surface area contributed by atoms with Crippen LogP contribution in [0.2, 0.25) is 0 Å². The van der Waals surface area contributed by atoms with Crippen LogP contribution in [0.1, 0.15) is 0 Å². The zero-order valence-corrected chi connectivity index (χ0v) is 26.3. The molecular weight excluding hydrogens is 577 g/mol. The number of hydrogen-bond acceptors (Lipinski definition) is 0. The molecule has 10 aromatic carbocycles. The van der Waals surface area contributed by atoms with Crippen molar-refractivity contribution in [3.05, 3.63) is 182 Å². The molecule has 0 aliphatic heterocycles. The minimum absolute atomic E-state index is 1.23. The molecule has 0 heteroatoms. The van der Waals surface area contributed by atoms with Gasteiger partial charge in [0, 0.05) is 0 Å². The summed E-state index contributed by atoms with van der Waals surface area (Å²) in [6.45, 7) is 0. The van der Waals surface area contributed by atoms with E-state index in [2.05, 4.69) is 182 Å². The molecule has 10 aromatic rings. The fourth-order valence-electron chi connectivity index (χ4n) is 7.68. The Labute approximate surface area is 279 Å². The van der Waals surface area contributed by atoms with E-state index in [9.17, 15) is 0 Å². The molecule has 0 spiro atoms. The largest absolute Gasteiger partial charge is 0.0616 e. The van der Waals surface area contributed by atoms with Gasteiger partial charge in [0.2, 0.25) is 0 Å². The SMILES string of the molecule is c1cc(-c2ccc3cc(-c4ccc5ccccc5c4)ccc3c2)cc(-c2ccc3c(ccc4c3ccc3c5ccccc5ccc34)c2)c1. The van der Waals surface area contributed by atoms with Gasteiger partial charge >= 0.3 is 0 Å². The maximum Gasteiger partial charge on any atom is -0.00987 e. The van der Waals surface area contributed by atoms with Crippen molar-refractivity contribution in [2.45, 2.75) is 0 Å². The predicted molar refractivity (Wildman–Crippen MR) is 208 cm³/mol. The van der Waals surface area contributed by atoms with Crippen LogP contribution in [0.5, 0.6) is 0 Å². The van der Waals surface area contributed by atoms with E-state index in [1.807, 2.05) is 0 Å². The van der Waals surface area contributed by atoms with Crippen LogP contribution in [0, 0.1) is 0 Å². The summed E-state index contributed by atoms with van der Waals surface area (Å²) in [5.74, 6) is 0. The van der Waals surface area contributed by atoms with Gasteiger partial charge in [-0.15, -0.1) is 0 Å². The zero-order valence-electron chi connectivity index (χ0n) is 26.3. The lowest BCUT2D eigenvalue weighted by atomic mass is 9.92. The summed E-state index contributed by atoms with van der Waals surface area (Å²) in [5.41, 5.74) is 7.41. The van der Waals surface area contributed by atoms with Crippen LogP contribution < -0.4 is 0 Å². The average molecular weight is 607 g/mol. The fraction of sp³-hybridized carbons (Fsp3) is 0. The molecule has 0 N–H and O–H groups in total. The first kappa shape index (κ1) is 26.9. The molecule has 10 rings (SSSR count). The average Bonchev–Trinajstić information content (AvgIpc) is 3.16. The highest BCUT2D eigenvalue weighted by Crippen LogP contribution is 2.37. The second-order valence-electron chi connectivity index (χ2n) is 13.0. The van der Waals surface area contributed by atoms with Crippen LogP contribution in [0.4, 0.5) is 0 Å². The van der Waals surface area contributed by atoms with Crippen molar-refractivity contribution >= 4 is 64.6 Å². The molecule has 0 aromatic heterocycles. The second-order valence-corrected chi connectivity index (χ2v) is 13.0. The molecule has 0 nitrogen and oxygen atoms in total. The van der Waals surface area contributed by atoms with Crippen molar-refractivity contribution in [2.75, 3.05) is 0 Å². The normalized spacial score (nSPS) is 11.8. The summed E-state index contributed by atoms with van der Waals surface area (Å²) >= 11 is 0. The van der Waals surface area contributed by atoms with Crippen LogP contribution in [-0.4, -0.2) is 0 Å². The van der Waals surface area contributed by atoms with E-state index >= 15 is 0 Å². The zero-order chi connectivity index (χ0) is 31.6. The number of fused-ring (bicyclic) bond motifs is 9. The first-order valence-corrected chi connectivity index (χ1v) is 16.7. The molecule has 0 unspecified atom stereocenters. The van der Waals surface area contributed by atoms with Crippen molar-refractivity contribution in [3.63, 3.8) is 0 Å². The molecule has 222 valence electrons. The molecule has 0 fully saturated rings. The Bertz CT molecular complexity index is 2890. The summed E-state index contributed by atoms with van der Waals surface area (Å²) in [6, 6.07) is 67.2. The molecule has 0 radical (unpaired) electrons. The van der Waals surface area contributed by atoms with Gasteiger partial charge in [0.25, 0.3) is 0 Å². The van der Waals surface area contributed by atoms with Crippen LogP contribution >= 0.6 is 0 Å². The Morgan fingerprint density at radius 3 is 1.17 bits per heavy atom. The van der Waals surface area contributed by atoms with Crippen molar-refractivity contribution in [1.82, 2.24) is 0 Å². The van der Waals surface area contributed by atoms with Gasteiger partial charge in [-0.3, -0.25) is 0 Å². The quantitative estimate of drug-likeness (QED) is 0.176. The van der Waals surface area contributed by atoms with Gasteiger partial charge in [0.05, 0.1) is 0 Å². The number of rotatable bonds is 3. The highest BCUT2D eigenvalue weighted by Gasteiger charge is 2.10. The Hall–Kier alpha value is -6.24. The molecule has 0 aliphatic rings. The first-order valence-electron chi connectivity index (χ1n) is 16.7. The third-order valence-electron chi connectivity index (χ3n) is 10.2. The van der Waals surface area contributed by atoms with E-state index in [-0.39, 0.29) is 0 Å². The van der Waals surface area contributed by atoms with Crippen LogP contribution in [0.3, 0.4) is 0 Å². The second kappa shape index (κ2) is 10.7. The van der Waals surface area contributed by atoms with Gasteiger partial charge < -0.3 is 0 Å². The van der Waals surface area contributed by atoms with E-state index < -0.39 is 0 Å². The summed E-state index contributed by atoms with van der Waals surface area (Å²) in [6.07, 6.45) is 0. The topological polar surface area (TPSA) is 0 Å². The van der Waals surface area contributed by atoms with Gasteiger partial charge in [0.1, 0.15) is 0 Å². The third kappa shape index (κ3) is 4.38. The highest BCUT2D eigenvalue weighted by atomic mass is 14.1. The number of hydrogen-bond donors (Lipinski definition) is 0. The van der Waals surface area contributed by atoms with E-state index in [0.717, 1.165) is 0 Å². The monoisotopic (exact) mass is 606 g/mol. The molecule has 0 saturated heterocycles. The lowest BCUT2D eigenvalue weighted by molar-refractivity contribution is 1.61. The molecule has 0 heterocycles. The van der Waals surface area contributed by atoms with Gasteiger partial charge in [0.15, 0.2) is 0 Å². The fourth-order valence-corrected chi connectivity index (χ4v) is 7.68. The van der Waals surface area contributed by atoms with Crippen molar-refractivity contribution in [3.8, 4) is 33.4 Å². The standard InChI is InChI=1S/C48H30/c1-2-8-33-26-37(13-12-31(33)6-1)39-17-16-38-28-36(14-15-40(38)29-39)34-9-5-10-35(27-34)41-19-21-44-42(30-41)20-23-48-46(44)25-24-45-43-11-4-3-7-32(43)18-22-47(45)48/h1-30H. The molecule has 48 heavy (non-hydrogen) atoms.